The molecule has 0 saturated heterocycles. The highest BCUT2D eigenvalue weighted by atomic mass is 16.5. The van der Waals surface area contributed by atoms with Gasteiger partial charge in [-0.1, -0.05) is 97.6 Å². The largest absolute Gasteiger partial charge is 0.445 e. The highest BCUT2D eigenvalue weighted by Gasteiger charge is 2.29. The smallest absolute Gasteiger partial charge is 0.407 e. The molecule has 468 valence electrons. The van der Waals surface area contributed by atoms with Crippen LogP contribution in [0.1, 0.15) is 161 Å². The first-order valence-electron chi connectivity index (χ1n) is 30.6. The number of fused-ring (bicyclic) bond motifs is 2. The van der Waals surface area contributed by atoms with Gasteiger partial charge in [0.2, 0.25) is 23.6 Å². The molecule has 4 aromatic rings. The molecule has 1 aromatic heterocycles. The summed E-state index contributed by atoms with van der Waals surface area (Å²) in [7, 11) is 0. The number of hydrogen-bond donors (Lipinski definition) is 9. The molecule has 2 aliphatic rings. The Morgan fingerprint density at radius 3 is 2.11 bits per heavy atom. The van der Waals surface area contributed by atoms with Gasteiger partial charge in [0, 0.05) is 105 Å². The van der Waals surface area contributed by atoms with Gasteiger partial charge in [0.05, 0.1) is 17.6 Å². The second-order valence-electron chi connectivity index (χ2n) is 23.0. The van der Waals surface area contributed by atoms with Gasteiger partial charge in [0.25, 0.3) is 11.8 Å². The number of rotatable bonds is 32. The summed E-state index contributed by atoms with van der Waals surface area (Å²) >= 11 is 0. The Balaban J connectivity index is 0.904. The first-order valence-corrected chi connectivity index (χ1v) is 30.6. The Labute approximate surface area is 511 Å². The number of nitrogens with two attached hydrogens (primary N) is 2. The predicted octanol–water partition coefficient (Wildman–Crippen LogP) is 7.98. The molecule has 11 N–H and O–H groups in total. The van der Waals surface area contributed by atoms with E-state index < -0.39 is 36.0 Å². The van der Waals surface area contributed by atoms with Gasteiger partial charge >= 0.3 is 12.1 Å². The molecule has 0 fully saturated rings. The summed E-state index contributed by atoms with van der Waals surface area (Å²) in [4.78, 5) is 117. The van der Waals surface area contributed by atoms with Crippen molar-refractivity contribution in [3.63, 3.8) is 0 Å². The zero-order chi connectivity index (χ0) is 62.8. The lowest BCUT2D eigenvalue weighted by Gasteiger charge is -2.28. The third-order valence-corrected chi connectivity index (χ3v) is 14.9. The number of urea groups is 1. The molecule has 0 spiro atoms. The molecule has 2 unspecified atom stereocenters. The summed E-state index contributed by atoms with van der Waals surface area (Å²) in [6.45, 7) is 15.8. The standard InChI is InChI=1S/C65H89N13O9/c1-7-31-78(32-8-2)63(84)49-34-47-23-24-48(36-55(47)74-56(66)37-49)60(81)73-52-35-50-40-77(33-27-53(50)71-38-52)39-44-17-21-46(22-18-44)59(80)68-29-30-70-65(86)87-41-45-19-25-51(26-20-45)72-61(82)54(15-13-28-69-64(67)85)75-62(83)58(43(5)6)76-57(79)16-12-10-9-11-14-42(3)4/h17-26,34-36,38,42-43,54,58H,7-16,27-33,37,39-41H2,1-6H3,(H2,66,74)(H,68,80)(H,70,86)(H,72,82)(H,73,81)(H,75,83)(H,76,79)(H3,67,69,85). The summed E-state index contributed by atoms with van der Waals surface area (Å²) in [6.07, 6.45) is 11.2. The Morgan fingerprint density at radius 1 is 0.713 bits per heavy atom. The minimum absolute atomic E-state index is 0.0543. The number of unbranched alkanes of at least 4 members (excludes halogenated alkanes) is 3. The monoisotopic (exact) mass is 1200 g/mol. The summed E-state index contributed by atoms with van der Waals surface area (Å²) in [6, 6.07) is 18.5. The second-order valence-corrected chi connectivity index (χ2v) is 23.0. The van der Waals surface area contributed by atoms with Crippen LogP contribution in [0.15, 0.2) is 89.6 Å². The number of hydrogen-bond acceptors (Lipinski definition) is 13. The van der Waals surface area contributed by atoms with Crippen molar-refractivity contribution in [1.82, 2.24) is 41.4 Å². The lowest BCUT2D eigenvalue weighted by Crippen LogP contribution is -2.54. The third kappa shape index (κ3) is 22.3. The van der Waals surface area contributed by atoms with Gasteiger partial charge in [-0.3, -0.25) is 38.7 Å². The van der Waals surface area contributed by atoms with Crippen LogP contribution in [0, 0.1) is 11.8 Å². The van der Waals surface area contributed by atoms with Gasteiger partial charge in [0.1, 0.15) is 24.5 Å². The molecule has 0 radical (unpaired) electrons. The van der Waals surface area contributed by atoms with Crippen molar-refractivity contribution in [3.05, 3.63) is 124 Å². The average Bonchev–Trinajstić information content (AvgIpc) is 2.61. The number of carbonyl (C=O) groups is 8. The molecular weight excluding hydrogens is 1110 g/mol. The number of pyridine rings is 1. The second kappa shape index (κ2) is 34.5. The fourth-order valence-electron chi connectivity index (χ4n) is 10.2. The lowest BCUT2D eigenvalue weighted by atomic mass is 10.0. The molecule has 3 heterocycles. The molecule has 0 saturated carbocycles. The van der Waals surface area contributed by atoms with Crippen molar-refractivity contribution in [2.75, 3.05) is 49.9 Å². The van der Waals surface area contributed by atoms with E-state index in [1.165, 1.54) is 0 Å². The first kappa shape index (κ1) is 67.5. The first-order chi connectivity index (χ1) is 41.8. The van der Waals surface area contributed by atoms with Crippen LogP contribution >= 0.6 is 0 Å². The van der Waals surface area contributed by atoms with Crippen LogP contribution < -0.4 is 48.7 Å². The number of primary amides is 1. The SMILES string of the molecule is CCCN(CCC)C(=O)C1=Cc2ccc(C(=O)Nc3cnc4c(c3)CN(Cc3ccc(C(=O)NCCNC(=O)OCc5ccc(NC(=O)C(CCCNC(N)=O)NC(=O)C(NC(=O)CCCCCCC(C)C)C(C)C)cc5)cc3)CC4)cc2N=C(N)C1. The van der Waals surface area contributed by atoms with Crippen LogP contribution in [0.5, 0.6) is 0 Å². The number of alkyl carbamates (subject to hydrolysis) is 1. The van der Waals surface area contributed by atoms with Crippen molar-refractivity contribution in [2.24, 2.45) is 28.3 Å². The molecule has 3 aromatic carbocycles. The number of aliphatic imine (C=N–C) groups is 1. The number of amidine groups is 1. The number of carbonyl (C=O) groups excluding carboxylic acids is 8. The van der Waals surface area contributed by atoms with E-state index in [0.29, 0.717) is 95.7 Å². The van der Waals surface area contributed by atoms with Gasteiger partial charge in [-0.2, -0.15) is 0 Å². The molecule has 6 rings (SSSR count). The van der Waals surface area contributed by atoms with E-state index >= 15 is 0 Å². The van der Waals surface area contributed by atoms with Crippen LogP contribution in [-0.4, -0.2) is 120 Å². The van der Waals surface area contributed by atoms with E-state index in [9.17, 15) is 38.4 Å². The fourth-order valence-corrected chi connectivity index (χ4v) is 10.2. The molecule has 22 heteroatoms. The molecule has 22 nitrogen and oxygen atoms in total. The van der Waals surface area contributed by atoms with Gasteiger partial charge in [0.15, 0.2) is 0 Å². The van der Waals surface area contributed by atoms with E-state index in [4.69, 9.17) is 16.2 Å². The van der Waals surface area contributed by atoms with Crippen molar-refractivity contribution < 1.29 is 43.1 Å². The average molecular weight is 1200 g/mol. The summed E-state index contributed by atoms with van der Waals surface area (Å²) in [5, 5.41) is 19.4. The van der Waals surface area contributed by atoms with Crippen molar-refractivity contribution in [2.45, 2.75) is 150 Å². The predicted molar refractivity (Wildman–Crippen MR) is 338 cm³/mol. The van der Waals surface area contributed by atoms with E-state index in [0.717, 1.165) is 74.7 Å². The van der Waals surface area contributed by atoms with Gasteiger partial charge in [-0.15, -0.1) is 0 Å². The van der Waals surface area contributed by atoms with Crippen molar-refractivity contribution in [1.29, 1.82) is 0 Å². The van der Waals surface area contributed by atoms with Crippen LogP contribution in [0.3, 0.4) is 0 Å². The zero-order valence-corrected chi connectivity index (χ0v) is 51.4. The van der Waals surface area contributed by atoms with Crippen LogP contribution in [0.4, 0.5) is 26.7 Å². The normalized spacial score (nSPS) is 13.5. The van der Waals surface area contributed by atoms with Crippen LogP contribution in [-0.2, 0) is 50.0 Å². The molecule has 2 atom stereocenters. The highest BCUT2D eigenvalue weighted by molar-refractivity contribution is 6.08. The number of ether oxygens (including phenoxy) is 1. The number of nitrogens with zero attached hydrogens (tertiary/aromatic N) is 4. The summed E-state index contributed by atoms with van der Waals surface area (Å²) < 4.78 is 5.38. The van der Waals surface area contributed by atoms with E-state index in [1.807, 2.05) is 56.9 Å². The van der Waals surface area contributed by atoms with Crippen molar-refractivity contribution in [3.8, 4) is 0 Å². The molecular formula is C65H89N13O9. The zero-order valence-electron chi connectivity index (χ0n) is 51.4. The minimum atomic E-state index is -1.00. The summed E-state index contributed by atoms with van der Waals surface area (Å²) in [5.41, 5.74) is 18.8. The quantitative estimate of drug-likeness (QED) is 0.0210. The maximum Gasteiger partial charge on any atom is 0.407 e. The molecule has 0 bridgehead atoms. The highest BCUT2D eigenvalue weighted by Crippen LogP contribution is 2.30. The third-order valence-electron chi connectivity index (χ3n) is 14.9. The van der Waals surface area contributed by atoms with Crippen LogP contribution in [0.2, 0.25) is 0 Å². The van der Waals surface area contributed by atoms with E-state index in [1.54, 1.807) is 60.8 Å². The number of anilines is 2. The topological polar surface area (TPSA) is 314 Å². The Bertz CT molecular complexity index is 3070. The van der Waals surface area contributed by atoms with Gasteiger partial charge < -0.3 is 58.3 Å². The number of aromatic nitrogens is 1. The number of nitrogens with one attached hydrogen (secondary N) is 7. The van der Waals surface area contributed by atoms with Gasteiger partial charge in [-0.05, 0) is 109 Å². The Morgan fingerprint density at radius 2 is 1.41 bits per heavy atom. The Hall–Kier alpha value is -8.66. The maximum atomic E-state index is 13.6. The lowest BCUT2D eigenvalue weighted by molar-refractivity contribution is -0.132. The summed E-state index contributed by atoms with van der Waals surface area (Å²) in [5.74, 6) is -1.22. The van der Waals surface area contributed by atoms with E-state index in [2.05, 4.69) is 65.9 Å². The minimum Gasteiger partial charge on any atom is -0.445 e. The molecule has 87 heavy (non-hydrogen) atoms. The fraction of sp³-hybridized carbons (Fsp3) is 0.477. The number of amides is 9. The van der Waals surface area contributed by atoms with Crippen molar-refractivity contribution >= 4 is 76.5 Å². The molecule has 9 amide bonds. The molecule has 0 aliphatic carbocycles. The van der Waals surface area contributed by atoms with Crippen LogP contribution in [0.25, 0.3) is 6.08 Å². The van der Waals surface area contributed by atoms with E-state index in [-0.39, 0.29) is 68.6 Å². The Kier molecular flexibility index (Phi) is 26.7. The van der Waals surface area contributed by atoms with Gasteiger partial charge in [-0.25, -0.2) is 14.6 Å². The maximum absolute atomic E-state index is 13.6. The molecule has 2 aliphatic heterocycles. The number of benzene rings is 3.